The van der Waals surface area contributed by atoms with Gasteiger partial charge in [0.05, 0.1) is 10.5 Å². The molecule has 1 aliphatic carbocycles. The van der Waals surface area contributed by atoms with Gasteiger partial charge in [-0.25, -0.2) is 0 Å². The van der Waals surface area contributed by atoms with Gasteiger partial charge in [-0.2, -0.15) is 0 Å². The van der Waals surface area contributed by atoms with E-state index >= 15 is 0 Å². The van der Waals surface area contributed by atoms with Gasteiger partial charge in [-0.1, -0.05) is 170 Å². The molecule has 0 saturated heterocycles. The standard InChI is InChI=1S/C64H70BN3OS/c1-59(2,3)39-21-27-43(28-22-39)66-50-37-45(68-49-20-16-15-19-48(49)63(13)33-17-18-34-64(63,68)14)38-51-56(50)65(54-46-31-25-41(61(7,8)9)35-52(46)69-57(54)66)55-47-32-26-42(62(10,11)12)36-53(47)70-58(55)67(51)44-29-23-40(24-30-44)60(4,5)6/h15-16,19-32,35-38H,17-18,33-34H2,1-14H3. The number of anilines is 8. The minimum atomic E-state index is -0.128. The van der Waals surface area contributed by atoms with Gasteiger partial charge in [-0.3, -0.25) is 4.90 Å². The number of rotatable bonds is 3. The summed E-state index contributed by atoms with van der Waals surface area (Å²) in [4.78, 5) is 7.92. The molecule has 70 heavy (non-hydrogen) atoms. The molecule has 5 heterocycles. The van der Waals surface area contributed by atoms with Crippen molar-refractivity contribution in [3.63, 3.8) is 0 Å². The number of fused-ring (bicyclic) bond motifs is 11. The molecule has 2 aromatic heterocycles. The van der Waals surface area contributed by atoms with Crippen molar-refractivity contribution >= 4 is 101 Å². The fraction of sp³-hybridized carbons (Fsp3) is 0.375. The second-order valence-corrected chi connectivity index (χ2v) is 26.9. The number of furan rings is 1. The van der Waals surface area contributed by atoms with Crippen LogP contribution < -0.4 is 31.1 Å². The van der Waals surface area contributed by atoms with E-state index in [1.807, 2.05) is 11.3 Å². The van der Waals surface area contributed by atoms with Crippen molar-refractivity contribution < 1.29 is 4.42 Å². The van der Waals surface area contributed by atoms with Gasteiger partial charge in [-0.05, 0) is 140 Å². The van der Waals surface area contributed by atoms with Crippen molar-refractivity contribution in [1.29, 1.82) is 0 Å². The van der Waals surface area contributed by atoms with Gasteiger partial charge in [0.15, 0.2) is 0 Å². The molecular formula is C64H70BN3OS. The van der Waals surface area contributed by atoms with Gasteiger partial charge in [0.1, 0.15) is 5.58 Å². The average Bonchev–Trinajstić information content (AvgIpc) is 3.93. The molecule has 0 N–H and O–H groups in total. The normalized spacial score (nSPS) is 19.9. The summed E-state index contributed by atoms with van der Waals surface area (Å²) < 4.78 is 8.84. The van der Waals surface area contributed by atoms with Crippen molar-refractivity contribution in [1.82, 2.24) is 0 Å². The van der Waals surface area contributed by atoms with Crippen LogP contribution in [0.3, 0.4) is 0 Å². The van der Waals surface area contributed by atoms with E-state index in [1.54, 1.807) is 0 Å². The van der Waals surface area contributed by atoms with E-state index in [9.17, 15) is 0 Å². The number of nitrogens with zero attached hydrogens (tertiary/aromatic N) is 3. The first-order chi connectivity index (χ1) is 33.0. The topological polar surface area (TPSA) is 22.9 Å². The molecule has 6 heteroatoms. The van der Waals surface area contributed by atoms with Gasteiger partial charge in [0.25, 0.3) is 6.71 Å². The van der Waals surface area contributed by atoms with Crippen LogP contribution in [-0.4, -0.2) is 12.3 Å². The lowest BCUT2D eigenvalue weighted by molar-refractivity contribution is 0.195. The van der Waals surface area contributed by atoms with Crippen LogP contribution in [0.25, 0.3) is 21.1 Å². The predicted molar refractivity (Wildman–Crippen MR) is 303 cm³/mol. The first-order valence-corrected chi connectivity index (χ1v) is 26.8. The van der Waals surface area contributed by atoms with Crippen LogP contribution >= 0.6 is 11.3 Å². The van der Waals surface area contributed by atoms with Crippen LogP contribution in [0.4, 0.5) is 45.0 Å². The van der Waals surface area contributed by atoms with Crippen molar-refractivity contribution in [3.05, 3.63) is 149 Å². The highest BCUT2D eigenvalue weighted by Gasteiger charge is 2.58. The van der Waals surface area contributed by atoms with E-state index in [0.29, 0.717) is 0 Å². The summed E-state index contributed by atoms with van der Waals surface area (Å²) >= 11 is 1.96. The van der Waals surface area contributed by atoms with E-state index in [0.717, 1.165) is 23.6 Å². The smallest absolute Gasteiger partial charge is 0.259 e. The minimum absolute atomic E-state index is 0.00252. The van der Waals surface area contributed by atoms with Gasteiger partial charge in [-0.15, -0.1) is 11.3 Å². The Bertz CT molecular complexity index is 3240. The number of thiophene rings is 1. The van der Waals surface area contributed by atoms with E-state index in [1.165, 1.54) is 112 Å². The van der Waals surface area contributed by atoms with E-state index in [2.05, 4.69) is 233 Å². The lowest BCUT2D eigenvalue weighted by Gasteiger charge is -2.51. The molecule has 1 saturated carbocycles. The summed E-state index contributed by atoms with van der Waals surface area (Å²) in [7, 11) is 0. The highest BCUT2D eigenvalue weighted by molar-refractivity contribution is 7.26. The molecule has 0 radical (unpaired) electrons. The molecule has 356 valence electrons. The van der Waals surface area contributed by atoms with Crippen molar-refractivity contribution in [3.8, 4) is 0 Å². The number of hydrogen-bond acceptors (Lipinski definition) is 5. The van der Waals surface area contributed by atoms with Gasteiger partial charge in [0.2, 0.25) is 5.88 Å². The number of para-hydroxylation sites is 1. The van der Waals surface area contributed by atoms with E-state index in [-0.39, 0.29) is 39.3 Å². The van der Waals surface area contributed by atoms with Crippen molar-refractivity contribution in [2.45, 2.75) is 155 Å². The maximum Gasteiger partial charge on any atom is 0.259 e. The summed E-state index contributed by atoms with van der Waals surface area (Å²) in [6.45, 7) is 32.8. The summed E-state index contributed by atoms with van der Waals surface area (Å²) in [5.41, 5.74) is 18.8. The molecule has 2 atom stereocenters. The summed E-state index contributed by atoms with van der Waals surface area (Å²) in [6, 6.07) is 47.7. The number of hydrogen-bond donors (Lipinski definition) is 0. The predicted octanol–water partition coefficient (Wildman–Crippen LogP) is 16.7. The molecule has 0 bridgehead atoms. The van der Waals surface area contributed by atoms with E-state index < -0.39 is 0 Å². The Labute approximate surface area is 421 Å². The van der Waals surface area contributed by atoms with Crippen molar-refractivity contribution in [2.75, 3.05) is 14.7 Å². The third kappa shape index (κ3) is 6.53. The van der Waals surface area contributed by atoms with Crippen LogP contribution in [0.15, 0.2) is 126 Å². The lowest BCUT2D eigenvalue weighted by Crippen LogP contribution is -2.61. The van der Waals surface area contributed by atoms with Gasteiger partial charge in [0, 0.05) is 55.1 Å². The average molecular weight is 940 g/mol. The van der Waals surface area contributed by atoms with Crippen LogP contribution in [-0.2, 0) is 27.1 Å². The quantitative estimate of drug-likeness (QED) is 0.165. The first-order valence-electron chi connectivity index (χ1n) is 26.0. The largest absolute Gasteiger partial charge is 0.440 e. The lowest BCUT2D eigenvalue weighted by atomic mass is 9.33. The maximum absolute atomic E-state index is 7.51. The van der Waals surface area contributed by atoms with Gasteiger partial charge < -0.3 is 14.2 Å². The van der Waals surface area contributed by atoms with Crippen molar-refractivity contribution in [2.24, 2.45) is 0 Å². The van der Waals surface area contributed by atoms with Crippen LogP contribution in [0.2, 0.25) is 0 Å². The Morgan fingerprint density at radius 1 is 0.500 bits per heavy atom. The van der Waals surface area contributed by atoms with Crippen LogP contribution in [0.5, 0.6) is 0 Å². The summed E-state index contributed by atoms with van der Waals surface area (Å²) in [5, 5.41) is 3.79. The molecule has 12 rings (SSSR count). The zero-order valence-electron chi connectivity index (χ0n) is 44.1. The zero-order chi connectivity index (χ0) is 49.2. The minimum Gasteiger partial charge on any atom is -0.440 e. The Morgan fingerprint density at radius 3 is 1.64 bits per heavy atom. The Morgan fingerprint density at radius 2 is 1.03 bits per heavy atom. The van der Waals surface area contributed by atoms with Gasteiger partial charge >= 0.3 is 0 Å². The van der Waals surface area contributed by atoms with Crippen LogP contribution in [0, 0.1) is 0 Å². The molecule has 8 aromatic rings. The zero-order valence-corrected chi connectivity index (χ0v) is 44.9. The molecule has 2 unspecified atom stereocenters. The maximum atomic E-state index is 7.51. The highest BCUT2D eigenvalue weighted by Crippen LogP contribution is 2.62. The van der Waals surface area contributed by atoms with E-state index in [4.69, 9.17) is 4.42 Å². The Hall–Kier alpha value is -5.72. The fourth-order valence-corrected chi connectivity index (χ4v) is 14.2. The first kappa shape index (κ1) is 45.4. The second-order valence-electron chi connectivity index (χ2n) is 25.8. The molecule has 0 spiro atoms. The highest BCUT2D eigenvalue weighted by atomic mass is 32.1. The third-order valence-corrected chi connectivity index (χ3v) is 18.4. The summed E-state index contributed by atoms with van der Waals surface area (Å²) in [5.74, 6) is 0.917. The fourth-order valence-electron chi connectivity index (χ4n) is 12.9. The Kier molecular flexibility index (Phi) is 9.68. The number of benzene rings is 6. The second kappa shape index (κ2) is 14.9. The molecule has 6 aromatic carbocycles. The van der Waals surface area contributed by atoms with Crippen LogP contribution in [0.1, 0.15) is 150 Å². The molecule has 4 aliphatic rings. The molecule has 0 amide bonds. The molecule has 4 nitrogen and oxygen atoms in total. The third-order valence-electron chi connectivity index (χ3n) is 17.3. The molecule has 1 fully saturated rings. The molecular weight excluding hydrogens is 870 g/mol. The molecule has 3 aliphatic heterocycles. The Balaban J connectivity index is 1.23. The summed E-state index contributed by atoms with van der Waals surface area (Å²) in [6.07, 6.45) is 4.77. The monoisotopic (exact) mass is 940 g/mol. The SMILES string of the molecule is CC(C)(C)c1ccc(N2c3cc(N4c5ccccc5C5(C)CCCCC45C)cc4c3B(c3c2oc2cc(C(C)(C)C)ccc32)c2c(sc3cc(C(C)(C)C)ccc23)N4c2ccc(C(C)(C)C)cc2)cc1.